The van der Waals surface area contributed by atoms with E-state index in [0.717, 1.165) is 38.2 Å². The number of hydrogen-bond donors (Lipinski definition) is 1. The Labute approximate surface area is 166 Å². The van der Waals surface area contributed by atoms with Crippen LogP contribution in [0.25, 0.3) is 0 Å². The van der Waals surface area contributed by atoms with E-state index in [-0.39, 0.29) is 36.8 Å². The number of carbonyl (C=O) groups is 1. The zero-order valence-electron chi connectivity index (χ0n) is 14.5. The van der Waals surface area contributed by atoms with Gasteiger partial charge in [-0.15, -0.1) is 24.8 Å². The first-order chi connectivity index (χ1) is 11.8. The van der Waals surface area contributed by atoms with E-state index in [1.807, 2.05) is 23.2 Å². The maximum atomic E-state index is 13.0. The second kappa shape index (κ2) is 9.21. The van der Waals surface area contributed by atoms with Gasteiger partial charge in [-0.3, -0.25) is 9.78 Å². The van der Waals surface area contributed by atoms with E-state index in [1.165, 1.54) is 11.3 Å². The first-order valence-corrected chi connectivity index (χ1v) is 8.56. The smallest absolute Gasteiger partial charge is 0.242 e. The summed E-state index contributed by atoms with van der Waals surface area (Å²) in [6, 6.07) is 12.4. The van der Waals surface area contributed by atoms with Crippen LogP contribution in [-0.2, 0) is 11.2 Å². The molecule has 7 heteroatoms. The van der Waals surface area contributed by atoms with Crippen molar-refractivity contribution in [2.24, 2.45) is 0 Å². The van der Waals surface area contributed by atoms with Crippen molar-refractivity contribution in [2.75, 3.05) is 37.6 Å². The van der Waals surface area contributed by atoms with Gasteiger partial charge in [0, 0.05) is 44.3 Å². The summed E-state index contributed by atoms with van der Waals surface area (Å²) >= 11 is 0. The molecule has 1 amide bonds. The van der Waals surface area contributed by atoms with Crippen LogP contribution in [0.3, 0.4) is 0 Å². The molecule has 2 aliphatic rings. The van der Waals surface area contributed by atoms with Gasteiger partial charge in [0.25, 0.3) is 0 Å². The van der Waals surface area contributed by atoms with Gasteiger partial charge in [0.1, 0.15) is 0 Å². The molecule has 0 spiro atoms. The number of hydrogen-bond acceptors (Lipinski definition) is 4. The molecule has 5 nitrogen and oxygen atoms in total. The number of pyridine rings is 1. The van der Waals surface area contributed by atoms with Crippen molar-refractivity contribution in [3.05, 3.63) is 59.9 Å². The molecule has 1 unspecified atom stereocenters. The Hall–Kier alpha value is -1.82. The summed E-state index contributed by atoms with van der Waals surface area (Å²) in [6.07, 6.45) is 4.66. The summed E-state index contributed by atoms with van der Waals surface area (Å²) in [6.45, 7) is 3.75. The Morgan fingerprint density at radius 2 is 2.00 bits per heavy atom. The number of aromatic nitrogens is 1. The number of nitrogens with one attached hydrogen (secondary N) is 1. The molecule has 1 atom stereocenters. The van der Waals surface area contributed by atoms with Crippen molar-refractivity contribution in [3.8, 4) is 0 Å². The number of piperazine rings is 1. The molecule has 1 fully saturated rings. The van der Waals surface area contributed by atoms with Crippen LogP contribution in [0.5, 0.6) is 0 Å². The van der Waals surface area contributed by atoms with E-state index < -0.39 is 0 Å². The van der Waals surface area contributed by atoms with Crippen LogP contribution >= 0.6 is 24.8 Å². The van der Waals surface area contributed by atoms with Crippen molar-refractivity contribution in [1.82, 2.24) is 15.2 Å². The van der Waals surface area contributed by atoms with Gasteiger partial charge in [0.05, 0.1) is 12.6 Å². The Morgan fingerprint density at radius 1 is 1.15 bits per heavy atom. The highest BCUT2D eigenvalue weighted by atomic mass is 35.5. The molecule has 2 aliphatic heterocycles. The van der Waals surface area contributed by atoms with E-state index in [9.17, 15) is 4.79 Å². The van der Waals surface area contributed by atoms with Gasteiger partial charge in [-0.1, -0.05) is 24.3 Å². The molecule has 1 aromatic heterocycles. The van der Waals surface area contributed by atoms with Crippen molar-refractivity contribution >= 4 is 36.4 Å². The predicted molar refractivity (Wildman–Crippen MR) is 108 cm³/mol. The van der Waals surface area contributed by atoms with Crippen LogP contribution in [0.2, 0.25) is 0 Å². The van der Waals surface area contributed by atoms with Crippen molar-refractivity contribution < 1.29 is 4.79 Å². The summed E-state index contributed by atoms with van der Waals surface area (Å²) in [7, 11) is 0. The van der Waals surface area contributed by atoms with Crippen LogP contribution in [-0.4, -0.2) is 48.5 Å². The quantitative estimate of drug-likeness (QED) is 0.868. The second-order valence-electron chi connectivity index (χ2n) is 6.39. The first-order valence-electron chi connectivity index (χ1n) is 8.56. The molecule has 0 bridgehead atoms. The fourth-order valence-electron chi connectivity index (χ4n) is 3.70. The lowest BCUT2D eigenvalue weighted by molar-refractivity contribution is -0.133. The summed E-state index contributed by atoms with van der Waals surface area (Å²) in [5, 5.41) is 3.39. The van der Waals surface area contributed by atoms with Gasteiger partial charge in [-0.05, 0) is 29.7 Å². The number of carbonyl (C=O) groups excluding carboxylic acids is 1. The van der Waals surface area contributed by atoms with Gasteiger partial charge < -0.3 is 15.1 Å². The van der Waals surface area contributed by atoms with E-state index in [1.54, 1.807) is 6.20 Å². The SMILES string of the molecule is Cl.Cl.O=C(CN1CCc2ccccc21)N1CCNCC1c1cccnc1. The molecule has 1 saturated heterocycles. The number of anilines is 1. The number of benzene rings is 1. The summed E-state index contributed by atoms with van der Waals surface area (Å²) in [5.74, 6) is 0.196. The van der Waals surface area contributed by atoms with E-state index in [2.05, 4.69) is 39.5 Å². The zero-order chi connectivity index (χ0) is 16.4. The third-order valence-electron chi connectivity index (χ3n) is 4.94. The van der Waals surface area contributed by atoms with E-state index in [0.29, 0.717) is 6.54 Å². The molecule has 26 heavy (non-hydrogen) atoms. The number of amides is 1. The molecular weight excluding hydrogens is 371 g/mol. The zero-order valence-corrected chi connectivity index (χ0v) is 16.1. The molecule has 1 aromatic carbocycles. The summed E-state index contributed by atoms with van der Waals surface area (Å²) in [4.78, 5) is 21.4. The summed E-state index contributed by atoms with van der Waals surface area (Å²) in [5.41, 5.74) is 3.65. The van der Waals surface area contributed by atoms with Crippen LogP contribution in [0.4, 0.5) is 5.69 Å². The van der Waals surface area contributed by atoms with Gasteiger partial charge in [0.2, 0.25) is 5.91 Å². The Morgan fingerprint density at radius 3 is 2.81 bits per heavy atom. The Kier molecular flexibility index (Phi) is 7.26. The number of para-hydroxylation sites is 1. The second-order valence-corrected chi connectivity index (χ2v) is 6.39. The fraction of sp³-hybridized carbons (Fsp3) is 0.368. The van der Waals surface area contributed by atoms with Crippen LogP contribution in [0, 0.1) is 0 Å². The lowest BCUT2D eigenvalue weighted by Gasteiger charge is -2.37. The molecule has 1 N–H and O–H groups in total. The molecule has 2 aromatic rings. The minimum absolute atomic E-state index is 0. The topological polar surface area (TPSA) is 48.5 Å². The monoisotopic (exact) mass is 394 g/mol. The molecule has 0 radical (unpaired) electrons. The van der Waals surface area contributed by atoms with Crippen molar-refractivity contribution in [2.45, 2.75) is 12.5 Å². The highest BCUT2D eigenvalue weighted by Gasteiger charge is 2.30. The summed E-state index contributed by atoms with van der Waals surface area (Å²) < 4.78 is 0. The van der Waals surface area contributed by atoms with Crippen LogP contribution in [0.1, 0.15) is 17.2 Å². The normalized spacial score (nSPS) is 18.5. The highest BCUT2D eigenvalue weighted by molar-refractivity contribution is 5.85. The molecule has 4 rings (SSSR count). The molecule has 140 valence electrons. The maximum absolute atomic E-state index is 13.0. The lowest BCUT2D eigenvalue weighted by atomic mass is 10.1. The Bertz CT molecular complexity index is 728. The predicted octanol–water partition coefficient (Wildman–Crippen LogP) is 2.46. The number of fused-ring (bicyclic) bond motifs is 1. The maximum Gasteiger partial charge on any atom is 0.242 e. The average molecular weight is 395 g/mol. The highest BCUT2D eigenvalue weighted by Crippen LogP contribution is 2.28. The lowest BCUT2D eigenvalue weighted by Crippen LogP contribution is -2.51. The van der Waals surface area contributed by atoms with E-state index in [4.69, 9.17) is 0 Å². The molecule has 0 aliphatic carbocycles. The number of rotatable bonds is 3. The van der Waals surface area contributed by atoms with Gasteiger partial charge in [0.15, 0.2) is 0 Å². The number of halogens is 2. The standard InChI is InChI=1S/C19H22N4O.2ClH/c24-19(14-22-10-7-15-4-1-2-6-17(15)22)23-11-9-21-13-18(23)16-5-3-8-20-12-16;;/h1-6,8,12,18,21H,7,9-11,13-14H2;2*1H. The first kappa shape index (κ1) is 20.5. The van der Waals surface area contributed by atoms with Crippen molar-refractivity contribution in [3.63, 3.8) is 0 Å². The third-order valence-corrected chi connectivity index (χ3v) is 4.94. The van der Waals surface area contributed by atoms with Gasteiger partial charge in [-0.2, -0.15) is 0 Å². The largest absolute Gasteiger partial charge is 0.362 e. The third kappa shape index (κ3) is 4.11. The van der Waals surface area contributed by atoms with Crippen molar-refractivity contribution in [1.29, 1.82) is 0 Å². The molecule has 0 saturated carbocycles. The van der Waals surface area contributed by atoms with Gasteiger partial charge in [-0.25, -0.2) is 0 Å². The Balaban J connectivity index is 0.00000121. The fourth-order valence-corrected chi connectivity index (χ4v) is 3.70. The molecule has 3 heterocycles. The number of nitrogens with zero attached hydrogens (tertiary/aromatic N) is 3. The van der Waals surface area contributed by atoms with E-state index >= 15 is 0 Å². The van der Waals surface area contributed by atoms with Crippen LogP contribution in [0.15, 0.2) is 48.8 Å². The molecular formula is C19H24Cl2N4O. The minimum Gasteiger partial charge on any atom is -0.362 e. The average Bonchev–Trinajstić information content (AvgIpc) is 3.05. The van der Waals surface area contributed by atoms with Gasteiger partial charge >= 0.3 is 0 Å². The van der Waals surface area contributed by atoms with Crippen LogP contribution < -0.4 is 10.2 Å². The minimum atomic E-state index is 0.